The SMILES string of the molecule is CCc1ncc(/C(N)=C/N(N)c2cc(C(=O)Nc3cc(C(C)(C)C)cc(NS(C)(=O)=O)c3OC)ccc2C)[nH]1. The molecule has 0 aliphatic heterocycles. The van der Waals surface area contributed by atoms with Crippen LogP contribution in [0.15, 0.2) is 42.7 Å². The summed E-state index contributed by atoms with van der Waals surface area (Å²) < 4.78 is 32.0. The summed E-state index contributed by atoms with van der Waals surface area (Å²) in [7, 11) is -2.20. The number of anilines is 3. The summed E-state index contributed by atoms with van der Waals surface area (Å²) in [6.45, 7) is 9.80. The van der Waals surface area contributed by atoms with Gasteiger partial charge in [0.2, 0.25) is 10.0 Å². The predicted molar refractivity (Wildman–Crippen MR) is 156 cm³/mol. The van der Waals surface area contributed by atoms with Crippen LogP contribution in [0.2, 0.25) is 0 Å². The lowest BCUT2D eigenvalue weighted by atomic mass is 9.86. The fraction of sp³-hybridized carbons (Fsp3) is 0.333. The Morgan fingerprint density at radius 2 is 1.87 bits per heavy atom. The molecule has 3 aromatic rings. The van der Waals surface area contributed by atoms with Gasteiger partial charge >= 0.3 is 0 Å². The number of nitrogens with one attached hydrogen (secondary N) is 3. The van der Waals surface area contributed by atoms with Crippen molar-refractivity contribution in [3.05, 3.63) is 70.9 Å². The lowest BCUT2D eigenvalue weighted by molar-refractivity contribution is 0.102. The second-order valence-corrected chi connectivity index (χ2v) is 12.0. The highest BCUT2D eigenvalue weighted by Gasteiger charge is 2.23. The number of aromatic amines is 1. The molecular weight excluding hydrogens is 518 g/mol. The number of nitrogens with two attached hydrogens (primary N) is 2. The largest absolute Gasteiger partial charge is 0.492 e. The Morgan fingerprint density at radius 3 is 2.44 bits per heavy atom. The molecule has 0 atom stereocenters. The number of aromatic nitrogens is 2. The lowest BCUT2D eigenvalue weighted by Crippen LogP contribution is -2.27. The number of sulfonamides is 1. The maximum atomic E-state index is 13.4. The van der Waals surface area contributed by atoms with Gasteiger partial charge in [0.1, 0.15) is 5.82 Å². The van der Waals surface area contributed by atoms with E-state index in [1.807, 2.05) is 34.6 Å². The second kappa shape index (κ2) is 11.4. The number of carbonyl (C=O) groups is 1. The van der Waals surface area contributed by atoms with Crippen LogP contribution in [0.4, 0.5) is 17.1 Å². The average molecular weight is 556 g/mol. The van der Waals surface area contributed by atoms with Crippen LogP contribution in [0.1, 0.15) is 60.7 Å². The molecule has 1 heterocycles. The number of nitrogens with zero attached hydrogens (tertiary/aromatic N) is 2. The molecule has 0 aliphatic rings. The molecule has 0 unspecified atom stereocenters. The molecule has 1 amide bonds. The third-order valence-corrected chi connectivity index (χ3v) is 6.60. The Bertz CT molecular complexity index is 1500. The van der Waals surface area contributed by atoms with E-state index in [4.69, 9.17) is 16.3 Å². The molecule has 7 N–H and O–H groups in total. The van der Waals surface area contributed by atoms with Crippen LogP contribution in [-0.4, -0.2) is 37.7 Å². The smallest absolute Gasteiger partial charge is 0.255 e. The lowest BCUT2D eigenvalue weighted by Gasteiger charge is -2.24. The van der Waals surface area contributed by atoms with Crippen LogP contribution in [0.3, 0.4) is 0 Å². The zero-order chi connectivity index (χ0) is 29.1. The van der Waals surface area contributed by atoms with Gasteiger partial charge < -0.3 is 20.8 Å². The van der Waals surface area contributed by atoms with Gasteiger partial charge in [0.05, 0.1) is 48.0 Å². The minimum atomic E-state index is -3.60. The molecule has 11 nitrogen and oxygen atoms in total. The maximum absolute atomic E-state index is 13.4. The van der Waals surface area contributed by atoms with Crippen molar-refractivity contribution in [3.63, 3.8) is 0 Å². The first kappa shape index (κ1) is 29.5. The predicted octanol–water partition coefficient (Wildman–Crippen LogP) is 3.85. The van der Waals surface area contributed by atoms with E-state index in [1.54, 1.807) is 42.7 Å². The van der Waals surface area contributed by atoms with Crippen molar-refractivity contribution in [1.29, 1.82) is 0 Å². The fourth-order valence-corrected chi connectivity index (χ4v) is 4.40. The maximum Gasteiger partial charge on any atom is 0.255 e. The summed E-state index contributed by atoms with van der Waals surface area (Å²) in [5.74, 6) is 6.88. The molecule has 0 spiro atoms. The first-order chi connectivity index (χ1) is 18.1. The van der Waals surface area contributed by atoms with Gasteiger partial charge in [0.15, 0.2) is 5.75 Å². The highest BCUT2D eigenvalue weighted by Crippen LogP contribution is 2.39. The molecule has 3 rings (SSSR count). The van der Waals surface area contributed by atoms with Crippen LogP contribution in [-0.2, 0) is 21.9 Å². The van der Waals surface area contributed by atoms with Crippen molar-refractivity contribution in [1.82, 2.24) is 9.97 Å². The second-order valence-electron chi connectivity index (χ2n) is 10.3. The van der Waals surface area contributed by atoms with Gasteiger partial charge in [-0.05, 0) is 47.7 Å². The van der Waals surface area contributed by atoms with Crippen LogP contribution >= 0.6 is 0 Å². The Hall–Kier alpha value is -4.03. The number of H-pyrrole nitrogens is 1. The van der Waals surface area contributed by atoms with E-state index in [2.05, 4.69) is 20.0 Å². The first-order valence-corrected chi connectivity index (χ1v) is 14.2. The van der Waals surface area contributed by atoms with Gasteiger partial charge in [0, 0.05) is 18.2 Å². The molecule has 39 heavy (non-hydrogen) atoms. The molecule has 0 saturated heterocycles. The molecule has 0 saturated carbocycles. The van der Waals surface area contributed by atoms with Crippen LogP contribution in [0.5, 0.6) is 5.75 Å². The Morgan fingerprint density at radius 1 is 1.21 bits per heavy atom. The van der Waals surface area contributed by atoms with Crippen molar-refractivity contribution in [2.75, 3.05) is 28.4 Å². The third kappa shape index (κ3) is 7.30. The van der Waals surface area contributed by atoms with Crippen molar-refractivity contribution in [2.24, 2.45) is 11.6 Å². The third-order valence-electron chi connectivity index (χ3n) is 6.00. The molecule has 1 aromatic heterocycles. The van der Waals surface area contributed by atoms with E-state index in [-0.39, 0.29) is 16.9 Å². The number of ether oxygens (including phenoxy) is 1. The number of carbonyl (C=O) groups excluding carboxylic acids is 1. The van der Waals surface area contributed by atoms with E-state index < -0.39 is 15.9 Å². The number of hydrogen-bond acceptors (Lipinski definition) is 8. The zero-order valence-corrected chi connectivity index (χ0v) is 24.2. The van der Waals surface area contributed by atoms with Gasteiger partial charge in [-0.1, -0.05) is 33.8 Å². The number of aryl methyl sites for hydroxylation is 2. The fourth-order valence-electron chi connectivity index (χ4n) is 3.85. The number of hydrazine groups is 1. The van der Waals surface area contributed by atoms with Gasteiger partial charge in [-0.15, -0.1) is 0 Å². The molecule has 0 aliphatic carbocycles. The Kier molecular flexibility index (Phi) is 8.61. The molecule has 0 radical (unpaired) electrons. The first-order valence-electron chi connectivity index (χ1n) is 12.3. The summed E-state index contributed by atoms with van der Waals surface area (Å²) in [5.41, 5.74) is 9.96. The number of rotatable bonds is 9. The van der Waals surface area contributed by atoms with Gasteiger partial charge in [-0.3, -0.25) is 14.5 Å². The van der Waals surface area contributed by atoms with Crippen LogP contribution in [0, 0.1) is 6.92 Å². The summed E-state index contributed by atoms with van der Waals surface area (Å²) in [4.78, 5) is 20.8. The number of benzene rings is 2. The van der Waals surface area contributed by atoms with Crippen molar-refractivity contribution in [3.8, 4) is 5.75 Å². The normalized spacial score (nSPS) is 12.3. The molecule has 2 aromatic carbocycles. The molecule has 0 bridgehead atoms. The monoisotopic (exact) mass is 555 g/mol. The van der Waals surface area contributed by atoms with Crippen LogP contribution < -0.4 is 31.4 Å². The summed E-state index contributed by atoms with van der Waals surface area (Å²) in [6.07, 6.45) is 4.99. The number of amides is 1. The standard InChI is InChI=1S/C27H37N7O4S/c1-8-24-30-14-22(31-24)19(28)15-34(29)23-11-17(10-9-16(23)2)26(35)32-20-12-18(27(3,4)5)13-21(25(20)38-6)33-39(7,36)37/h9-15,33H,8,28-29H2,1-7H3,(H,30,31)(H,32,35)/b19-15-. The Balaban J connectivity index is 1.97. The average Bonchev–Trinajstić information content (AvgIpc) is 3.32. The zero-order valence-electron chi connectivity index (χ0n) is 23.3. The molecule has 12 heteroatoms. The van der Waals surface area contributed by atoms with Crippen molar-refractivity contribution in [2.45, 2.75) is 46.5 Å². The van der Waals surface area contributed by atoms with E-state index in [0.717, 1.165) is 29.6 Å². The number of hydrogen-bond donors (Lipinski definition) is 5. The van der Waals surface area contributed by atoms with E-state index in [1.165, 1.54) is 12.1 Å². The summed E-state index contributed by atoms with van der Waals surface area (Å²) in [6, 6.07) is 8.57. The van der Waals surface area contributed by atoms with Crippen LogP contribution in [0.25, 0.3) is 5.70 Å². The van der Waals surface area contributed by atoms with E-state index in [9.17, 15) is 13.2 Å². The van der Waals surface area contributed by atoms with Gasteiger partial charge in [0.25, 0.3) is 5.91 Å². The minimum Gasteiger partial charge on any atom is -0.492 e. The highest BCUT2D eigenvalue weighted by molar-refractivity contribution is 7.92. The molecular formula is C27H37N7O4S. The summed E-state index contributed by atoms with van der Waals surface area (Å²) >= 11 is 0. The van der Waals surface area contributed by atoms with Gasteiger partial charge in [-0.25, -0.2) is 19.2 Å². The summed E-state index contributed by atoms with van der Waals surface area (Å²) in [5, 5.41) is 4.22. The van der Waals surface area contributed by atoms with Crippen molar-refractivity contribution < 1.29 is 17.9 Å². The Labute approximate surface area is 229 Å². The van der Waals surface area contributed by atoms with E-state index in [0.29, 0.717) is 28.3 Å². The number of methoxy groups -OCH3 is 1. The quantitative estimate of drug-likeness (QED) is 0.196. The van der Waals surface area contributed by atoms with E-state index >= 15 is 0 Å². The van der Waals surface area contributed by atoms with Gasteiger partial charge in [-0.2, -0.15) is 0 Å². The number of imidazole rings is 1. The van der Waals surface area contributed by atoms with Crippen molar-refractivity contribution >= 4 is 38.7 Å². The minimum absolute atomic E-state index is 0.191. The highest BCUT2D eigenvalue weighted by atomic mass is 32.2. The molecule has 0 fully saturated rings. The molecule has 210 valence electrons. The topological polar surface area (TPSA) is 168 Å².